The number of hydrogen-bond donors (Lipinski definition) is 0. The minimum Gasteiger partial charge on any atom is -0.461 e. The van der Waals surface area contributed by atoms with Crippen molar-refractivity contribution in [2.45, 2.75) is 24.1 Å². The van der Waals surface area contributed by atoms with E-state index in [4.69, 9.17) is 4.74 Å². The highest BCUT2D eigenvalue weighted by Gasteiger charge is 2.31. The van der Waals surface area contributed by atoms with Crippen LogP contribution in [0.4, 0.5) is 13.2 Å². The SMILES string of the molecule is CS(=O)(=O)c1cccc2c1c(=O)c(C(=O)OCC1CC1)nn2-c1ccc(OC(F)(F)F)cc1. The maximum Gasteiger partial charge on any atom is 0.573 e. The summed E-state index contributed by atoms with van der Waals surface area (Å²) in [7, 11) is -3.87. The maximum absolute atomic E-state index is 13.1. The molecule has 1 aliphatic rings. The highest BCUT2D eigenvalue weighted by atomic mass is 32.2. The Hall–Kier alpha value is -3.41. The Morgan fingerprint density at radius 3 is 2.39 bits per heavy atom. The number of ether oxygens (including phenoxy) is 2. The lowest BCUT2D eigenvalue weighted by atomic mass is 10.2. The number of alkyl halides is 3. The monoisotopic (exact) mass is 482 g/mol. The zero-order chi connectivity index (χ0) is 24.0. The Labute approximate surface area is 185 Å². The Morgan fingerprint density at radius 2 is 1.82 bits per heavy atom. The molecule has 0 aliphatic heterocycles. The van der Waals surface area contributed by atoms with Gasteiger partial charge in [0.15, 0.2) is 9.84 Å². The molecule has 0 saturated heterocycles. The molecule has 33 heavy (non-hydrogen) atoms. The summed E-state index contributed by atoms with van der Waals surface area (Å²) in [6.07, 6.45) is -2.17. The number of halogens is 3. The van der Waals surface area contributed by atoms with E-state index >= 15 is 0 Å². The quantitative estimate of drug-likeness (QED) is 0.497. The van der Waals surface area contributed by atoms with Crippen molar-refractivity contribution in [1.82, 2.24) is 9.78 Å². The third kappa shape index (κ3) is 5.00. The van der Waals surface area contributed by atoms with Gasteiger partial charge >= 0.3 is 12.3 Å². The fourth-order valence-corrected chi connectivity index (χ4v) is 4.11. The highest BCUT2D eigenvalue weighted by molar-refractivity contribution is 7.91. The van der Waals surface area contributed by atoms with Crippen LogP contribution in [0.25, 0.3) is 16.6 Å². The lowest BCUT2D eigenvalue weighted by molar-refractivity contribution is -0.274. The molecule has 174 valence electrons. The molecule has 0 N–H and O–H groups in total. The summed E-state index contributed by atoms with van der Waals surface area (Å²) in [4.78, 5) is 25.4. The number of benzene rings is 2. The van der Waals surface area contributed by atoms with Crippen molar-refractivity contribution in [3.63, 3.8) is 0 Å². The molecule has 1 aromatic heterocycles. The third-order valence-corrected chi connectivity index (χ3v) is 6.07. The molecule has 3 aromatic rings. The van der Waals surface area contributed by atoms with Crippen LogP contribution in [0.15, 0.2) is 52.2 Å². The minimum absolute atomic E-state index is 0.0474. The normalized spacial score (nSPS) is 14.3. The predicted molar refractivity (Wildman–Crippen MR) is 110 cm³/mol. The molecule has 0 radical (unpaired) electrons. The van der Waals surface area contributed by atoms with Gasteiger partial charge in [-0.3, -0.25) is 4.79 Å². The fourth-order valence-electron chi connectivity index (χ4n) is 3.22. The van der Waals surface area contributed by atoms with Crippen LogP contribution in [0.3, 0.4) is 0 Å². The second kappa shape index (κ2) is 8.18. The van der Waals surface area contributed by atoms with E-state index < -0.39 is 39.0 Å². The number of fused-ring (bicyclic) bond motifs is 1. The van der Waals surface area contributed by atoms with Gasteiger partial charge in [0.25, 0.3) is 0 Å². The van der Waals surface area contributed by atoms with E-state index in [0.717, 1.165) is 35.9 Å². The van der Waals surface area contributed by atoms with Gasteiger partial charge in [0.1, 0.15) is 5.75 Å². The molecule has 8 nitrogen and oxygen atoms in total. The molecule has 1 saturated carbocycles. The molecule has 12 heteroatoms. The number of aromatic nitrogens is 2. The van der Waals surface area contributed by atoms with Crippen molar-refractivity contribution in [1.29, 1.82) is 0 Å². The average Bonchev–Trinajstić information content (AvgIpc) is 3.55. The van der Waals surface area contributed by atoms with E-state index in [1.54, 1.807) is 0 Å². The molecule has 1 heterocycles. The summed E-state index contributed by atoms with van der Waals surface area (Å²) in [6, 6.07) is 8.54. The Kier molecular flexibility index (Phi) is 5.64. The Balaban J connectivity index is 1.90. The van der Waals surface area contributed by atoms with Crippen molar-refractivity contribution in [2.75, 3.05) is 12.9 Å². The van der Waals surface area contributed by atoms with Crippen LogP contribution in [0.5, 0.6) is 5.75 Å². The first-order valence-corrected chi connectivity index (χ1v) is 11.6. The van der Waals surface area contributed by atoms with Gasteiger partial charge in [-0.2, -0.15) is 5.10 Å². The lowest BCUT2D eigenvalue weighted by Gasteiger charge is -2.14. The molecule has 4 rings (SSSR count). The van der Waals surface area contributed by atoms with Crippen LogP contribution in [0, 0.1) is 5.92 Å². The zero-order valence-electron chi connectivity index (χ0n) is 17.1. The van der Waals surface area contributed by atoms with Crippen LogP contribution >= 0.6 is 0 Å². The first-order chi connectivity index (χ1) is 15.4. The summed E-state index contributed by atoms with van der Waals surface area (Å²) in [5, 5.41) is 3.79. The summed E-state index contributed by atoms with van der Waals surface area (Å²) in [5.74, 6) is -1.29. The molecular formula is C21H17F3N2O6S. The van der Waals surface area contributed by atoms with Crippen LogP contribution in [-0.2, 0) is 14.6 Å². The topological polar surface area (TPSA) is 105 Å². The van der Waals surface area contributed by atoms with Gasteiger partial charge in [0.05, 0.1) is 28.1 Å². The van der Waals surface area contributed by atoms with Gasteiger partial charge < -0.3 is 9.47 Å². The molecule has 1 aliphatic carbocycles. The van der Waals surface area contributed by atoms with E-state index in [1.165, 1.54) is 30.3 Å². The van der Waals surface area contributed by atoms with Crippen molar-refractivity contribution in [3.05, 3.63) is 58.4 Å². The first kappa shape index (κ1) is 22.8. The number of carbonyl (C=O) groups excluding carboxylic acids is 1. The molecule has 1 fully saturated rings. The number of sulfone groups is 1. The van der Waals surface area contributed by atoms with Gasteiger partial charge in [0, 0.05) is 6.26 Å². The summed E-state index contributed by atoms with van der Waals surface area (Å²) in [6.45, 7) is 0.106. The number of hydrogen-bond acceptors (Lipinski definition) is 7. The van der Waals surface area contributed by atoms with Gasteiger partial charge in [-0.25, -0.2) is 17.9 Å². The van der Waals surface area contributed by atoms with Crippen molar-refractivity contribution >= 4 is 26.7 Å². The fraction of sp³-hybridized carbons (Fsp3) is 0.286. The van der Waals surface area contributed by atoms with Gasteiger partial charge in [-0.15, -0.1) is 13.2 Å². The average molecular weight is 482 g/mol. The van der Waals surface area contributed by atoms with Crippen molar-refractivity contribution < 1.29 is 35.9 Å². The van der Waals surface area contributed by atoms with Crippen molar-refractivity contribution in [2.24, 2.45) is 5.92 Å². The number of esters is 1. The van der Waals surface area contributed by atoms with E-state index in [2.05, 4.69) is 9.84 Å². The van der Waals surface area contributed by atoms with Gasteiger partial charge in [0.2, 0.25) is 11.1 Å². The summed E-state index contributed by atoms with van der Waals surface area (Å²) >= 11 is 0. The molecule has 0 unspecified atom stereocenters. The minimum atomic E-state index is -4.88. The first-order valence-electron chi connectivity index (χ1n) is 9.73. The molecule has 0 amide bonds. The molecule has 0 bridgehead atoms. The predicted octanol–water partition coefficient (Wildman–Crippen LogP) is 3.25. The second-order valence-electron chi connectivity index (χ2n) is 7.60. The standard InChI is InChI=1S/C21H17F3N2O6S/c1-33(29,30)16-4-2-3-15-17(16)19(27)18(20(28)31-11-12-5-6-12)25-26(15)13-7-9-14(10-8-13)32-21(22,23)24/h2-4,7-10,12H,5-6,11H2,1H3. The van der Waals surface area contributed by atoms with E-state index in [1.807, 2.05) is 0 Å². The molecular weight excluding hydrogens is 465 g/mol. The molecule has 0 spiro atoms. The van der Waals surface area contributed by atoms with Crippen LogP contribution < -0.4 is 10.2 Å². The number of carbonyl (C=O) groups is 1. The zero-order valence-corrected chi connectivity index (χ0v) is 17.9. The summed E-state index contributed by atoms with van der Waals surface area (Å²) < 4.78 is 72.2. The number of rotatable bonds is 6. The smallest absolute Gasteiger partial charge is 0.461 e. The molecule has 2 aromatic carbocycles. The van der Waals surface area contributed by atoms with Crippen LogP contribution in [0.2, 0.25) is 0 Å². The van der Waals surface area contributed by atoms with Crippen molar-refractivity contribution in [3.8, 4) is 11.4 Å². The number of nitrogens with zero attached hydrogens (tertiary/aromatic N) is 2. The largest absolute Gasteiger partial charge is 0.573 e. The Bertz CT molecular complexity index is 1390. The van der Waals surface area contributed by atoms with Gasteiger partial charge in [-0.05, 0) is 55.2 Å². The molecule has 0 atom stereocenters. The van der Waals surface area contributed by atoms with Crippen LogP contribution in [0.1, 0.15) is 23.3 Å². The van der Waals surface area contributed by atoms with E-state index in [0.29, 0.717) is 0 Å². The maximum atomic E-state index is 13.1. The lowest BCUT2D eigenvalue weighted by Crippen LogP contribution is -2.25. The van der Waals surface area contributed by atoms with E-state index in [-0.39, 0.29) is 34.0 Å². The highest BCUT2D eigenvalue weighted by Crippen LogP contribution is 2.29. The Morgan fingerprint density at radius 1 is 1.15 bits per heavy atom. The summed E-state index contributed by atoms with van der Waals surface area (Å²) in [5.41, 5.74) is -1.34. The third-order valence-electron chi connectivity index (χ3n) is 4.93. The van der Waals surface area contributed by atoms with Gasteiger partial charge in [-0.1, -0.05) is 6.07 Å². The van der Waals surface area contributed by atoms with E-state index in [9.17, 15) is 31.2 Å². The van der Waals surface area contributed by atoms with Crippen LogP contribution in [-0.4, -0.2) is 43.4 Å². The second-order valence-corrected chi connectivity index (χ2v) is 9.58.